The Labute approximate surface area is 122 Å². The molecule has 1 heterocycles. The minimum Gasteiger partial charge on any atom is -0.496 e. The fraction of sp³-hybridized carbons (Fsp3) is 0.333. The van der Waals surface area contributed by atoms with Crippen molar-refractivity contribution in [2.75, 3.05) is 21.3 Å². The summed E-state index contributed by atoms with van der Waals surface area (Å²) in [7, 11) is 4.37. The van der Waals surface area contributed by atoms with Crippen LogP contribution in [0.1, 0.15) is 21.8 Å². The zero-order chi connectivity index (χ0) is 15.4. The fourth-order valence-electron chi connectivity index (χ4n) is 1.94. The summed E-state index contributed by atoms with van der Waals surface area (Å²) in [5, 5.41) is 0. The van der Waals surface area contributed by atoms with Gasteiger partial charge in [-0.2, -0.15) is 0 Å². The first-order valence-electron chi connectivity index (χ1n) is 6.32. The van der Waals surface area contributed by atoms with Crippen LogP contribution in [-0.4, -0.2) is 32.3 Å². The molecule has 0 fully saturated rings. The van der Waals surface area contributed by atoms with Crippen LogP contribution in [0.2, 0.25) is 0 Å². The molecule has 0 aliphatic heterocycles. The number of hydrogen-bond acceptors (Lipinski definition) is 6. The molecule has 0 atom stereocenters. The summed E-state index contributed by atoms with van der Waals surface area (Å²) in [5.74, 6) is 0.357. The van der Waals surface area contributed by atoms with Crippen LogP contribution < -0.4 is 4.74 Å². The van der Waals surface area contributed by atoms with E-state index in [1.165, 1.54) is 14.2 Å². The predicted molar refractivity (Wildman–Crippen MR) is 75.3 cm³/mol. The molecule has 0 aliphatic carbocycles. The number of ether oxygens (including phenoxy) is 3. The molecule has 0 saturated carbocycles. The van der Waals surface area contributed by atoms with Gasteiger partial charge in [-0.25, -0.2) is 9.78 Å². The Morgan fingerprint density at radius 3 is 2.67 bits per heavy atom. The van der Waals surface area contributed by atoms with Crippen molar-refractivity contribution in [3.63, 3.8) is 0 Å². The van der Waals surface area contributed by atoms with Crippen molar-refractivity contribution >= 4 is 5.97 Å². The molecule has 6 heteroatoms. The van der Waals surface area contributed by atoms with E-state index in [-0.39, 0.29) is 12.4 Å². The summed E-state index contributed by atoms with van der Waals surface area (Å²) in [4.78, 5) is 16.0. The van der Waals surface area contributed by atoms with E-state index >= 15 is 0 Å². The monoisotopic (exact) mass is 291 g/mol. The third-order valence-electron chi connectivity index (χ3n) is 2.93. The maximum atomic E-state index is 11.7. The maximum Gasteiger partial charge on any atom is 0.376 e. The first-order chi connectivity index (χ1) is 10.1. The Morgan fingerprint density at radius 1 is 1.29 bits per heavy atom. The molecule has 0 unspecified atom stereocenters. The highest BCUT2D eigenvalue weighted by molar-refractivity contribution is 5.88. The molecule has 0 N–H and O–H groups in total. The van der Waals surface area contributed by atoms with Crippen molar-refractivity contribution in [3.8, 4) is 17.2 Å². The number of nitrogens with zero attached hydrogens (tertiary/aromatic N) is 1. The molecule has 0 aliphatic rings. The van der Waals surface area contributed by atoms with Crippen LogP contribution in [0.25, 0.3) is 11.5 Å². The number of rotatable bonds is 5. The quantitative estimate of drug-likeness (QED) is 0.788. The predicted octanol–water partition coefficient (Wildman–Crippen LogP) is 2.59. The van der Waals surface area contributed by atoms with Crippen molar-refractivity contribution < 1.29 is 23.4 Å². The van der Waals surface area contributed by atoms with Crippen LogP contribution in [0.3, 0.4) is 0 Å². The SMILES string of the molecule is COCc1nc(-c2cc(C)ccc2OC)oc1C(=O)OC. The second kappa shape index (κ2) is 6.41. The summed E-state index contributed by atoms with van der Waals surface area (Å²) >= 11 is 0. The van der Waals surface area contributed by atoms with Crippen molar-refractivity contribution in [2.45, 2.75) is 13.5 Å². The lowest BCUT2D eigenvalue weighted by Crippen LogP contribution is -2.04. The molecule has 2 aromatic rings. The third-order valence-corrected chi connectivity index (χ3v) is 2.93. The highest BCUT2D eigenvalue weighted by atomic mass is 16.5. The van der Waals surface area contributed by atoms with E-state index in [0.717, 1.165) is 5.56 Å². The van der Waals surface area contributed by atoms with E-state index in [1.807, 2.05) is 25.1 Å². The fourth-order valence-corrected chi connectivity index (χ4v) is 1.94. The van der Waals surface area contributed by atoms with Crippen LogP contribution in [0.5, 0.6) is 5.75 Å². The number of oxazole rings is 1. The van der Waals surface area contributed by atoms with Gasteiger partial charge in [-0.05, 0) is 19.1 Å². The summed E-state index contributed by atoms with van der Waals surface area (Å²) in [6.07, 6.45) is 0. The molecule has 2 rings (SSSR count). The van der Waals surface area contributed by atoms with E-state index in [2.05, 4.69) is 4.98 Å². The van der Waals surface area contributed by atoms with Crippen molar-refractivity contribution in [3.05, 3.63) is 35.2 Å². The minimum absolute atomic E-state index is 0.0397. The van der Waals surface area contributed by atoms with E-state index < -0.39 is 5.97 Å². The summed E-state index contributed by atoms with van der Waals surface area (Å²) < 4.78 is 20.6. The van der Waals surface area contributed by atoms with E-state index in [0.29, 0.717) is 22.9 Å². The average Bonchev–Trinajstić information content (AvgIpc) is 2.90. The molecule has 0 bridgehead atoms. The number of benzene rings is 1. The molecule has 1 aromatic heterocycles. The molecule has 0 spiro atoms. The molecule has 0 radical (unpaired) electrons. The van der Waals surface area contributed by atoms with Gasteiger partial charge in [0.1, 0.15) is 11.4 Å². The molecular weight excluding hydrogens is 274 g/mol. The second-order valence-corrected chi connectivity index (χ2v) is 4.42. The van der Waals surface area contributed by atoms with E-state index in [1.54, 1.807) is 7.11 Å². The van der Waals surface area contributed by atoms with Crippen LogP contribution in [0.4, 0.5) is 0 Å². The van der Waals surface area contributed by atoms with Crippen LogP contribution in [0, 0.1) is 6.92 Å². The van der Waals surface area contributed by atoms with Crippen molar-refractivity contribution in [1.29, 1.82) is 0 Å². The first-order valence-corrected chi connectivity index (χ1v) is 6.32. The number of carbonyl (C=O) groups excluding carboxylic acids is 1. The maximum absolute atomic E-state index is 11.7. The molecule has 1 aromatic carbocycles. The lowest BCUT2D eigenvalue weighted by Gasteiger charge is -2.05. The zero-order valence-electron chi connectivity index (χ0n) is 12.4. The van der Waals surface area contributed by atoms with Gasteiger partial charge in [0.15, 0.2) is 0 Å². The Morgan fingerprint density at radius 2 is 2.05 bits per heavy atom. The van der Waals surface area contributed by atoms with Gasteiger partial charge in [0.2, 0.25) is 11.7 Å². The van der Waals surface area contributed by atoms with Gasteiger partial charge < -0.3 is 18.6 Å². The zero-order valence-corrected chi connectivity index (χ0v) is 12.4. The number of methoxy groups -OCH3 is 3. The number of aromatic nitrogens is 1. The molecule has 112 valence electrons. The standard InChI is InChI=1S/C15H17NO5/c1-9-5-6-12(19-3)10(7-9)14-16-11(8-18-2)13(21-14)15(17)20-4/h5-7H,8H2,1-4H3. The topological polar surface area (TPSA) is 70.8 Å². The van der Waals surface area contributed by atoms with E-state index in [9.17, 15) is 4.79 Å². The summed E-state index contributed by atoms with van der Waals surface area (Å²) in [6, 6.07) is 5.62. The summed E-state index contributed by atoms with van der Waals surface area (Å²) in [5.41, 5.74) is 2.09. The second-order valence-electron chi connectivity index (χ2n) is 4.42. The number of hydrogen-bond donors (Lipinski definition) is 0. The smallest absolute Gasteiger partial charge is 0.376 e. The Kier molecular flexibility index (Phi) is 4.59. The van der Waals surface area contributed by atoms with Crippen LogP contribution in [0.15, 0.2) is 22.6 Å². The van der Waals surface area contributed by atoms with E-state index in [4.69, 9.17) is 18.6 Å². The highest BCUT2D eigenvalue weighted by Crippen LogP contribution is 2.32. The van der Waals surface area contributed by atoms with Gasteiger partial charge in [-0.3, -0.25) is 0 Å². The molecular formula is C15H17NO5. The van der Waals surface area contributed by atoms with Crippen molar-refractivity contribution in [1.82, 2.24) is 4.98 Å². The molecule has 0 amide bonds. The van der Waals surface area contributed by atoms with Gasteiger partial charge in [0.05, 0.1) is 26.4 Å². The van der Waals surface area contributed by atoms with Crippen LogP contribution in [-0.2, 0) is 16.1 Å². The third kappa shape index (κ3) is 3.05. The van der Waals surface area contributed by atoms with Gasteiger partial charge in [-0.15, -0.1) is 0 Å². The van der Waals surface area contributed by atoms with Gasteiger partial charge in [0.25, 0.3) is 0 Å². The lowest BCUT2D eigenvalue weighted by molar-refractivity contribution is 0.0559. The van der Waals surface area contributed by atoms with Gasteiger partial charge in [0, 0.05) is 7.11 Å². The molecule has 21 heavy (non-hydrogen) atoms. The average molecular weight is 291 g/mol. The van der Waals surface area contributed by atoms with Gasteiger partial charge in [-0.1, -0.05) is 11.6 Å². The number of aryl methyl sites for hydroxylation is 1. The molecule has 0 saturated heterocycles. The normalized spacial score (nSPS) is 10.5. The van der Waals surface area contributed by atoms with Crippen LogP contribution >= 0.6 is 0 Å². The Bertz CT molecular complexity index is 648. The summed E-state index contributed by atoms with van der Waals surface area (Å²) in [6.45, 7) is 2.10. The highest BCUT2D eigenvalue weighted by Gasteiger charge is 2.23. The van der Waals surface area contributed by atoms with Crippen molar-refractivity contribution in [2.24, 2.45) is 0 Å². The first kappa shape index (κ1) is 15.1. The van der Waals surface area contributed by atoms with Gasteiger partial charge >= 0.3 is 5.97 Å². The largest absolute Gasteiger partial charge is 0.496 e. The minimum atomic E-state index is -0.590. The molecule has 6 nitrogen and oxygen atoms in total. The number of esters is 1. The number of carbonyl (C=O) groups is 1. The Hall–Kier alpha value is -2.34. The lowest BCUT2D eigenvalue weighted by atomic mass is 10.1. The Balaban J connectivity index is 2.54.